The zero-order valence-electron chi connectivity index (χ0n) is 21.9. The van der Waals surface area contributed by atoms with Crippen LogP contribution in [0, 0.1) is 11.3 Å². The number of carbonyl (C=O) groups is 6. The Morgan fingerprint density at radius 2 is 1.90 bits per heavy atom. The molecule has 2 fully saturated rings. The van der Waals surface area contributed by atoms with Crippen LogP contribution >= 0.6 is 11.8 Å². The molecule has 18 heteroatoms. The van der Waals surface area contributed by atoms with E-state index in [1.807, 2.05) is 0 Å². The predicted molar refractivity (Wildman–Crippen MR) is 144 cm³/mol. The van der Waals surface area contributed by atoms with Crippen LogP contribution in [0.4, 0.5) is 15.3 Å². The van der Waals surface area contributed by atoms with Crippen LogP contribution in [0.1, 0.15) is 12.5 Å². The Bertz CT molecular complexity index is 1550. The van der Waals surface area contributed by atoms with Gasteiger partial charge in [0, 0.05) is 23.9 Å². The summed E-state index contributed by atoms with van der Waals surface area (Å²) in [5.74, 6) is -3.98. The maximum absolute atomic E-state index is 12.9. The van der Waals surface area contributed by atoms with E-state index in [2.05, 4.69) is 10.6 Å². The third kappa shape index (κ3) is 6.01. The van der Waals surface area contributed by atoms with Crippen LogP contribution in [0.15, 0.2) is 35.5 Å². The highest BCUT2D eigenvalue weighted by Gasteiger charge is 2.54. The number of nitrogens with one attached hydrogen (secondary N) is 2. The number of sulfonamides is 1. The van der Waals surface area contributed by atoms with Crippen LogP contribution in [-0.4, -0.2) is 106 Å². The predicted octanol–water partition coefficient (Wildman–Crippen LogP) is -0.346. The number of esters is 1. The number of nitriles is 1. The van der Waals surface area contributed by atoms with Gasteiger partial charge >= 0.3 is 24.0 Å². The molecule has 0 radical (unpaired) electrons. The molecule has 0 aromatic heterocycles. The lowest BCUT2D eigenvalue weighted by Gasteiger charge is -2.49. The summed E-state index contributed by atoms with van der Waals surface area (Å²) in [5.41, 5.74) is 0.435. The molecule has 2 atom stereocenters. The summed E-state index contributed by atoms with van der Waals surface area (Å²) in [6.45, 7) is 0.341. The average molecular weight is 621 g/mol. The maximum Gasteiger partial charge on any atom is 0.352 e. The number of carbonyl (C=O) groups excluding carboxylic acids is 5. The molecule has 0 saturated carbocycles. The monoisotopic (exact) mass is 620 g/mol. The fourth-order valence-corrected chi connectivity index (χ4v) is 6.82. The fraction of sp³-hybridized carbons (Fsp3) is 0.375. The summed E-state index contributed by atoms with van der Waals surface area (Å²) >= 11 is 1.20. The number of hydrogen-bond donors (Lipinski definition) is 3. The Balaban J connectivity index is 1.40. The van der Waals surface area contributed by atoms with Gasteiger partial charge in [0.15, 0.2) is 5.75 Å². The molecule has 0 bridgehead atoms. The molecule has 3 N–H and O–H groups in total. The molecule has 4 rings (SSSR count). The Morgan fingerprint density at radius 3 is 2.57 bits per heavy atom. The number of thioether (sulfide) groups is 1. The van der Waals surface area contributed by atoms with E-state index < -0.39 is 63.0 Å². The number of hydrogen-bond acceptors (Lipinski definition) is 11. The summed E-state index contributed by atoms with van der Waals surface area (Å²) in [7, 11) is -4.20. The second kappa shape index (κ2) is 12.1. The Hall–Kier alpha value is -4.63. The van der Waals surface area contributed by atoms with E-state index in [0.717, 1.165) is 4.90 Å². The van der Waals surface area contributed by atoms with E-state index in [1.165, 1.54) is 36.9 Å². The van der Waals surface area contributed by atoms with Crippen LogP contribution in [0.2, 0.25) is 0 Å². The van der Waals surface area contributed by atoms with Crippen molar-refractivity contribution in [2.24, 2.45) is 0 Å². The van der Waals surface area contributed by atoms with E-state index >= 15 is 0 Å². The molecule has 1 aromatic carbocycles. The van der Waals surface area contributed by atoms with Crippen molar-refractivity contribution in [3.63, 3.8) is 0 Å². The number of urea groups is 2. The van der Waals surface area contributed by atoms with Gasteiger partial charge in [0.1, 0.15) is 23.7 Å². The first-order valence-corrected chi connectivity index (χ1v) is 14.9. The topological polar surface area (TPSA) is 224 Å². The van der Waals surface area contributed by atoms with Gasteiger partial charge in [-0.3, -0.25) is 19.3 Å². The van der Waals surface area contributed by atoms with Crippen LogP contribution < -0.4 is 10.6 Å². The second-order valence-corrected chi connectivity index (χ2v) is 12.2. The standard InChI is InChI=1S/C24H24N6O10S2/c1-13(31)40-11-15-12-41-21-18(20(33)30(21)19(15)22(34)35)27-17(32)10-14-4-2-3-5-16(14)26-23(36)28-7-8-29(24(28)37)42(38,39)9-6-25/h2-5,18,21H,7-12H2,1H3,(H,26,36)(H,27,32)(H,34,35)/t18?,21-/m1/s1. The summed E-state index contributed by atoms with van der Waals surface area (Å²) < 4.78 is 29.5. The summed E-state index contributed by atoms with van der Waals surface area (Å²) in [5, 5.41) is 22.7. The normalized spacial score (nSPS) is 20.0. The van der Waals surface area contributed by atoms with Gasteiger partial charge in [0.05, 0.1) is 25.6 Å². The number of benzene rings is 1. The van der Waals surface area contributed by atoms with Gasteiger partial charge in [0.2, 0.25) is 5.91 Å². The zero-order valence-corrected chi connectivity index (χ0v) is 23.6. The number of amides is 6. The lowest BCUT2D eigenvalue weighted by molar-refractivity contribution is -0.151. The molecule has 1 unspecified atom stereocenters. The van der Waals surface area contributed by atoms with Gasteiger partial charge in [0.25, 0.3) is 15.9 Å². The molecule has 222 valence electrons. The van der Waals surface area contributed by atoms with Crippen molar-refractivity contribution in [2.75, 3.05) is 36.5 Å². The van der Waals surface area contributed by atoms with Crippen molar-refractivity contribution < 1.29 is 47.0 Å². The molecule has 2 saturated heterocycles. The van der Waals surface area contributed by atoms with E-state index in [-0.39, 0.29) is 48.8 Å². The smallest absolute Gasteiger partial charge is 0.352 e. The summed E-state index contributed by atoms with van der Waals surface area (Å²) in [4.78, 5) is 75.8. The SMILES string of the molecule is CC(=O)OCC1=C(C(=O)O)N2C(=O)C(NC(=O)Cc3ccccc3NC(=O)N3CCN(S(=O)(=O)CC#N)C3=O)[C@H]2SC1. The van der Waals surface area contributed by atoms with Crippen molar-refractivity contribution in [1.82, 2.24) is 19.4 Å². The number of ether oxygens (including phenoxy) is 1. The van der Waals surface area contributed by atoms with Crippen LogP contribution in [0.3, 0.4) is 0 Å². The molecule has 1 aromatic rings. The van der Waals surface area contributed by atoms with Crippen LogP contribution in [0.5, 0.6) is 0 Å². The first-order chi connectivity index (χ1) is 19.9. The molecule has 42 heavy (non-hydrogen) atoms. The van der Waals surface area contributed by atoms with Gasteiger partial charge in [-0.15, -0.1) is 11.8 Å². The molecular weight excluding hydrogens is 596 g/mol. The number of carboxylic acid groups (broad SMARTS) is 1. The molecule has 16 nitrogen and oxygen atoms in total. The van der Waals surface area contributed by atoms with Crippen molar-refractivity contribution >= 4 is 63.3 Å². The number of β-lactam (4-membered cyclic amide) rings is 1. The van der Waals surface area contributed by atoms with E-state index in [1.54, 1.807) is 12.1 Å². The van der Waals surface area contributed by atoms with Gasteiger partial charge in [-0.05, 0) is 11.6 Å². The molecule has 3 heterocycles. The summed E-state index contributed by atoms with van der Waals surface area (Å²) in [6.07, 6.45) is -0.298. The zero-order chi connectivity index (χ0) is 30.8. The highest BCUT2D eigenvalue weighted by atomic mass is 32.2. The fourth-order valence-electron chi connectivity index (χ4n) is 4.48. The van der Waals surface area contributed by atoms with Gasteiger partial charge in [-0.1, -0.05) is 18.2 Å². The van der Waals surface area contributed by atoms with E-state index in [9.17, 15) is 42.3 Å². The van der Waals surface area contributed by atoms with E-state index in [4.69, 9.17) is 10.00 Å². The van der Waals surface area contributed by atoms with Gasteiger partial charge in [-0.25, -0.2) is 32.0 Å². The number of para-hydroxylation sites is 1. The number of fused-ring (bicyclic) bond motifs is 1. The molecule has 6 amide bonds. The van der Waals surface area contributed by atoms with Crippen molar-refractivity contribution in [3.05, 3.63) is 41.1 Å². The lowest BCUT2D eigenvalue weighted by atomic mass is 10.0. The Labute approximate surface area is 243 Å². The first-order valence-electron chi connectivity index (χ1n) is 12.3. The molecule has 0 aliphatic carbocycles. The Morgan fingerprint density at radius 1 is 1.19 bits per heavy atom. The number of nitrogens with zero attached hydrogens (tertiary/aromatic N) is 4. The van der Waals surface area contributed by atoms with Crippen LogP contribution in [-0.2, 0) is 40.4 Å². The number of imide groups is 1. The number of anilines is 1. The Kier molecular flexibility index (Phi) is 8.72. The highest BCUT2D eigenvalue weighted by Crippen LogP contribution is 2.40. The molecular formula is C24H24N6O10S2. The third-order valence-electron chi connectivity index (χ3n) is 6.42. The van der Waals surface area contributed by atoms with Gasteiger partial charge < -0.3 is 20.5 Å². The minimum absolute atomic E-state index is 0.156. The quantitative estimate of drug-likeness (QED) is 0.238. The first kappa shape index (κ1) is 30.3. The largest absolute Gasteiger partial charge is 0.477 e. The van der Waals surface area contributed by atoms with Crippen LogP contribution in [0.25, 0.3) is 0 Å². The third-order valence-corrected chi connectivity index (χ3v) is 9.27. The molecule has 3 aliphatic rings. The number of carboxylic acids is 1. The van der Waals surface area contributed by atoms with Crippen molar-refractivity contribution in [2.45, 2.75) is 24.8 Å². The maximum atomic E-state index is 12.9. The van der Waals surface area contributed by atoms with Crippen molar-refractivity contribution in [1.29, 1.82) is 5.26 Å². The van der Waals surface area contributed by atoms with Gasteiger partial charge in [-0.2, -0.15) is 5.26 Å². The second-order valence-electron chi connectivity index (χ2n) is 9.18. The lowest BCUT2D eigenvalue weighted by Crippen LogP contribution is -2.70. The molecule has 0 spiro atoms. The number of rotatable bonds is 9. The minimum atomic E-state index is -4.20. The van der Waals surface area contributed by atoms with Crippen molar-refractivity contribution in [3.8, 4) is 6.07 Å². The average Bonchev–Trinajstić information content (AvgIpc) is 3.33. The van der Waals surface area contributed by atoms with E-state index in [0.29, 0.717) is 14.8 Å². The minimum Gasteiger partial charge on any atom is -0.477 e. The molecule has 3 aliphatic heterocycles. The number of aliphatic carboxylic acids is 1. The highest BCUT2D eigenvalue weighted by molar-refractivity contribution is 8.00. The summed E-state index contributed by atoms with van der Waals surface area (Å²) in [6, 6.07) is 4.55.